The van der Waals surface area contributed by atoms with E-state index >= 15 is 0 Å². The van der Waals surface area contributed by atoms with Crippen LogP contribution in [0.25, 0.3) is 5.70 Å². The molecule has 3 N–H and O–H groups in total. The molecule has 8 heteroatoms. The van der Waals surface area contributed by atoms with Crippen LogP contribution in [0.4, 0.5) is 0 Å². The molecular weight excluding hydrogens is 390 g/mol. The van der Waals surface area contributed by atoms with Gasteiger partial charge in [-0.3, -0.25) is 15.4 Å². The number of amides is 1. The Labute approximate surface area is 152 Å². The quantitative estimate of drug-likeness (QED) is 0.405. The molecule has 7 nitrogen and oxygen atoms in total. The van der Waals surface area contributed by atoms with Crippen LogP contribution in [0.2, 0.25) is 0 Å². The highest BCUT2D eigenvalue weighted by atomic mass is 79.9. The number of fused-ring (bicyclic) bond motifs is 1. The van der Waals surface area contributed by atoms with Gasteiger partial charge < -0.3 is 9.47 Å². The molecule has 0 unspecified atom stereocenters. The third-order valence-corrected chi connectivity index (χ3v) is 4.18. The van der Waals surface area contributed by atoms with Crippen LogP contribution in [0.1, 0.15) is 21.5 Å². The smallest absolute Gasteiger partial charge is 0.274 e. The summed E-state index contributed by atoms with van der Waals surface area (Å²) in [5.74, 6) is 0.783. The Morgan fingerprint density at radius 1 is 1.20 bits per heavy atom. The molecule has 1 aliphatic heterocycles. The fourth-order valence-corrected chi connectivity index (χ4v) is 2.59. The summed E-state index contributed by atoms with van der Waals surface area (Å²) in [5, 5.41) is 12.8. The average molecular weight is 404 g/mol. The first kappa shape index (κ1) is 17.0. The van der Waals surface area contributed by atoms with Crippen molar-refractivity contribution in [1.29, 1.82) is 0 Å². The second-order valence-electron chi connectivity index (χ2n) is 5.09. The van der Waals surface area contributed by atoms with Gasteiger partial charge in [0.25, 0.3) is 5.91 Å². The molecule has 0 spiro atoms. The van der Waals surface area contributed by atoms with Crippen LogP contribution in [0.3, 0.4) is 0 Å². The van der Waals surface area contributed by atoms with Crippen molar-refractivity contribution in [3.8, 4) is 11.5 Å². The molecule has 0 saturated heterocycles. The number of rotatable bonds is 5. The summed E-state index contributed by atoms with van der Waals surface area (Å²) in [6.45, 7) is 4.11. The lowest BCUT2D eigenvalue weighted by Gasteiger charge is -2.06. The molecule has 1 aliphatic rings. The minimum atomic E-state index is -0.573. The van der Waals surface area contributed by atoms with Crippen molar-refractivity contribution in [3.63, 3.8) is 0 Å². The number of hydrogen-bond acceptors (Lipinski definition) is 6. The van der Waals surface area contributed by atoms with E-state index in [4.69, 9.17) is 14.7 Å². The van der Waals surface area contributed by atoms with Crippen molar-refractivity contribution in [2.45, 2.75) is 0 Å². The molecule has 128 valence electrons. The van der Waals surface area contributed by atoms with Gasteiger partial charge in [-0.15, -0.1) is 0 Å². The van der Waals surface area contributed by atoms with Crippen molar-refractivity contribution < 1.29 is 19.5 Å². The Hall–Kier alpha value is -2.84. The summed E-state index contributed by atoms with van der Waals surface area (Å²) in [5.41, 5.74) is 6.90. The number of nitrogens with zero attached hydrogens (tertiary/aromatic N) is 1. The monoisotopic (exact) mass is 403 g/mol. The number of hydrazone groups is 1. The van der Waals surface area contributed by atoms with E-state index in [1.807, 2.05) is 12.1 Å². The number of halogens is 1. The lowest BCUT2D eigenvalue weighted by atomic mass is 10.1. The maximum atomic E-state index is 11.3. The summed E-state index contributed by atoms with van der Waals surface area (Å²) < 4.78 is 11.5. The van der Waals surface area contributed by atoms with Gasteiger partial charge in [0.15, 0.2) is 11.5 Å². The van der Waals surface area contributed by atoms with Gasteiger partial charge in [-0.05, 0) is 45.8 Å². The maximum Gasteiger partial charge on any atom is 0.274 e. The van der Waals surface area contributed by atoms with Gasteiger partial charge >= 0.3 is 0 Å². The topological polar surface area (TPSA) is 92.2 Å². The van der Waals surface area contributed by atoms with Gasteiger partial charge in [0.05, 0.1) is 11.9 Å². The van der Waals surface area contributed by atoms with Gasteiger partial charge in [-0.1, -0.05) is 18.7 Å². The van der Waals surface area contributed by atoms with Crippen molar-refractivity contribution in [3.05, 3.63) is 64.1 Å². The molecule has 0 bridgehead atoms. The summed E-state index contributed by atoms with van der Waals surface area (Å²) in [4.78, 5) is 11.3. The Morgan fingerprint density at radius 2 is 1.84 bits per heavy atom. The maximum absolute atomic E-state index is 11.3. The highest BCUT2D eigenvalue weighted by Crippen LogP contribution is 2.36. The van der Waals surface area contributed by atoms with Crippen LogP contribution in [0.15, 0.2) is 52.6 Å². The van der Waals surface area contributed by atoms with E-state index in [2.05, 4.69) is 33.0 Å². The van der Waals surface area contributed by atoms with E-state index < -0.39 is 5.91 Å². The van der Waals surface area contributed by atoms with E-state index in [-0.39, 0.29) is 6.79 Å². The Bertz CT molecular complexity index is 850. The fraction of sp³-hybridized carbons (Fsp3) is 0.0588. The Morgan fingerprint density at radius 3 is 2.52 bits per heavy atom. The minimum absolute atomic E-state index is 0.210. The first-order valence-electron chi connectivity index (χ1n) is 7.20. The molecule has 2 aromatic carbocycles. The second-order valence-corrected chi connectivity index (χ2v) is 5.95. The molecule has 25 heavy (non-hydrogen) atoms. The normalized spacial score (nSPS) is 12.2. The molecule has 0 radical (unpaired) electrons. The fourth-order valence-electron chi connectivity index (χ4n) is 2.16. The first-order chi connectivity index (χ1) is 12.1. The lowest BCUT2D eigenvalue weighted by Crippen LogP contribution is -2.18. The van der Waals surface area contributed by atoms with E-state index in [0.29, 0.717) is 22.8 Å². The highest BCUT2D eigenvalue weighted by Gasteiger charge is 2.15. The standard InChI is InChI=1S/C17H14BrN3O4/c1-10(11-2-4-12(5-3-11)17(22)21-23)20-19-8-13-6-15-16(7-14(13)18)25-9-24-15/h2-8,20,23H,1,9H2,(H,21,22)/b19-8+. The van der Waals surface area contributed by atoms with Gasteiger partial charge in [-0.25, -0.2) is 5.48 Å². The molecule has 0 aromatic heterocycles. The summed E-state index contributed by atoms with van der Waals surface area (Å²) >= 11 is 3.46. The third-order valence-electron chi connectivity index (χ3n) is 3.49. The second kappa shape index (κ2) is 7.37. The number of carbonyl (C=O) groups excluding carboxylic acids is 1. The average Bonchev–Trinajstić information content (AvgIpc) is 3.08. The van der Waals surface area contributed by atoms with Gasteiger partial charge in [-0.2, -0.15) is 5.10 Å². The summed E-state index contributed by atoms with van der Waals surface area (Å²) in [7, 11) is 0. The van der Waals surface area contributed by atoms with E-state index in [1.54, 1.807) is 36.0 Å². The predicted octanol–water partition coefficient (Wildman–Crippen LogP) is 2.89. The minimum Gasteiger partial charge on any atom is -0.454 e. The van der Waals surface area contributed by atoms with Gasteiger partial charge in [0.1, 0.15) is 0 Å². The Balaban J connectivity index is 1.66. The van der Waals surface area contributed by atoms with Crippen molar-refractivity contribution in [2.24, 2.45) is 5.10 Å². The highest BCUT2D eigenvalue weighted by molar-refractivity contribution is 9.10. The first-order valence-corrected chi connectivity index (χ1v) is 8.00. The largest absolute Gasteiger partial charge is 0.454 e. The molecule has 0 fully saturated rings. The number of hydrogen-bond donors (Lipinski definition) is 3. The number of carbonyl (C=O) groups is 1. The van der Waals surface area contributed by atoms with E-state index in [9.17, 15) is 4.79 Å². The van der Waals surface area contributed by atoms with E-state index in [0.717, 1.165) is 15.6 Å². The number of hydroxylamine groups is 1. The van der Waals surface area contributed by atoms with E-state index in [1.165, 1.54) is 0 Å². The molecular formula is C17H14BrN3O4. The number of ether oxygens (including phenoxy) is 2. The molecule has 1 amide bonds. The lowest BCUT2D eigenvalue weighted by molar-refractivity contribution is 0.0706. The van der Waals surface area contributed by atoms with Crippen LogP contribution in [-0.2, 0) is 0 Å². The number of benzene rings is 2. The Kier molecular flexibility index (Phi) is 5.01. The van der Waals surface area contributed by atoms with Crippen molar-refractivity contribution in [2.75, 3.05) is 6.79 Å². The van der Waals surface area contributed by atoms with Crippen LogP contribution < -0.4 is 20.4 Å². The molecule has 0 atom stereocenters. The summed E-state index contributed by atoms with van der Waals surface area (Å²) in [6, 6.07) is 10.2. The predicted molar refractivity (Wildman–Crippen MR) is 95.7 cm³/mol. The zero-order valence-electron chi connectivity index (χ0n) is 13.0. The zero-order chi connectivity index (χ0) is 17.8. The molecule has 2 aromatic rings. The van der Waals surface area contributed by atoms with Crippen molar-refractivity contribution >= 4 is 33.7 Å². The molecule has 0 aliphatic carbocycles. The number of nitrogens with one attached hydrogen (secondary N) is 2. The van der Waals surface area contributed by atoms with Crippen LogP contribution >= 0.6 is 15.9 Å². The molecule has 0 saturated carbocycles. The van der Waals surface area contributed by atoms with Gasteiger partial charge in [0.2, 0.25) is 6.79 Å². The van der Waals surface area contributed by atoms with Gasteiger partial charge in [0, 0.05) is 15.6 Å². The SMILES string of the molecule is C=C(N/N=C/c1cc2c(cc1Br)OCO2)c1ccc(C(=O)NO)cc1. The van der Waals surface area contributed by atoms with Crippen LogP contribution in [0.5, 0.6) is 11.5 Å². The molecule has 3 rings (SSSR count). The van der Waals surface area contributed by atoms with Crippen LogP contribution in [-0.4, -0.2) is 24.1 Å². The third kappa shape index (κ3) is 3.81. The zero-order valence-corrected chi connectivity index (χ0v) is 14.5. The van der Waals surface area contributed by atoms with Crippen molar-refractivity contribution in [1.82, 2.24) is 10.9 Å². The summed E-state index contributed by atoms with van der Waals surface area (Å²) in [6.07, 6.45) is 1.63. The van der Waals surface area contributed by atoms with Crippen LogP contribution in [0, 0.1) is 0 Å². The molecule has 1 heterocycles.